The predicted molar refractivity (Wildman–Crippen MR) is 61.7 cm³/mol. The Morgan fingerprint density at radius 2 is 1.75 bits per heavy atom. The van der Waals surface area contributed by atoms with Gasteiger partial charge in [-0.3, -0.25) is 0 Å². The summed E-state index contributed by atoms with van der Waals surface area (Å²) in [5, 5.41) is 1.59. The van der Waals surface area contributed by atoms with E-state index < -0.39 is 0 Å². The van der Waals surface area contributed by atoms with Gasteiger partial charge in [0.15, 0.2) is 0 Å². The zero-order valence-electron chi connectivity index (χ0n) is 9.50. The molecule has 0 spiro atoms. The van der Waals surface area contributed by atoms with Crippen LogP contribution in [0.1, 0.15) is 5.56 Å². The molecular formula is C13H13FO2. The quantitative estimate of drug-likeness (QED) is 0.773. The minimum Gasteiger partial charge on any atom is -0.496 e. The van der Waals surface area contributed by atoms with Crippen molar-refractivity contribution in [3.05, 3.63) is 35.6 Å². The Morgan fingerprint density at radius 3 is 2.38 bits per heavy atom. The molecular weight excluding hydrogens is 207 g/mol. The molecule has 0 amide bonds. The lowest BCUT2D eigenvalue weighted by atomic mass is 10.0. The monoisotopic (exact) mass is 220 g/mol. The Hall–Kier alpha value is -1.77. The summed E-state index contributed by atoms with van der Waals surface area (Å²) < 4.78 is 23.8. The van der Waals surface area contributed by atoms with Crippen LogP contribution in [-0.4, -0.2) is 14.2 Å². The molecule has 2 nitrogen and oxygen atoms in total. The first kappa shape index (κ1) is 10.7. The van der Waals surface area contributed by atoms with Gasteiger partial charge in [0.2, 0.25) is 0 Å². The van der Waals surface area contributed by atoms with Gasteiger partial charge < -0.3 is 9.47 Å². The van der Waals surface area contributed by atoms with Gasteiger partial charge in [0.05, 0.1) is 14.2 Å². The third-order valence-corrected chi connectivity index (χ3v) is 2.62. The van der Waals surface area contributed by atoms with E-state index in [1.165, 1.54) is 12.1 Å². The Bertz CT molecular complexity index is 535. The van der Waals surface area contributed by atoms with E-state index in [4.69, 9.17) is 9.47 Å². The first-order valence-electron chi connectivity index (χ1n) is 4.98. The highest BCUT2D eigenvalue weighted by Gasteiger charge is 2.11. The van der Waals surface area contributed by atoms with Gasteiger partial charge in [-0.1, -0.05) is 0 Å². The minimum atomic E-state index is -0.281. The van der Waals surface area contributed by atoms with Crippen LogP contribution in [0.5, 0.6) is 11.5 Å². The van der Waals surface area contributed by atoms with E-state index in [0.717, 1.165) is 22.1 Å². The Morgan fingerprint density at radius 1 is 1.00 bits per heavy atom. The van der Waals surface area contributed by atoms with Crippen LogP contribution in [0.4, 0.5) is 4.39 Å². The molecule has 0 heterocycles. The van der Waals surface area contributed by atoms with Crippen LogP contribution in [0.2, 0.25) is 0 Å². The van der Waals surface area contributed by atoms with Crippen molar-refractivity contribution in [1.29, 1.82) is 0 Å². The molecule has 16 heavy (non-hydrogen) atoms. The predicted octanol–water partition coefficient (Wildman–Crippen LogP) is 3.30. The molecule has 0 saturated heterocycles. The van der Waals surface area contributed by atoms with Crippen LogP contribution in [0.15, 0.2) is 24.3 Å². The summed E-state index contributed by atoms with van der Waals surface area (Å²) >= 11 is 0. The number of benzene rings is 2. The standard InChI is InChI=1S/C13H13FO2/c1-8-6-12(15-2)11-7-9(14)4-5-10(11)13(8)16-3/h4-7H,1-3H3. The maximum Gasteiger partial charge on any atom is 0.129 e. The highest BCUT2D eigenvalue weighted by molar-refractivity contribution is 5.94. The third-order valence-electron chi connectivity index (χ3n) is 2.62. The molecule has 3 heteroatoms. The zero-order chi connectivity index (χ0) is 11.7. The second-order valence-electron chi connectivity index (χ2n) is 3.62. The van der Waals surface area contributed by atoms with E-state index in [-0.39, 0.29) is 5.82 Å². The molecule has 0 bridgehead atoms. The molecule has 0 aliphatic rings. The molecule has 0 atom stereocenters. The molecule has 0 aromatic heterocycles. The average Bonchev–Trinajstić information content (AvgIpc) is 2.28. The third kappa shape index (κ3) is 1.58. The van der Waals surface area contributed by atoms with Crippen LogP contribution in [0, 0.1) is 12.7 Å². The second kappa shape index (κ2) is 4.00. The van der Waals surface area contributed by atoms with Crippen LogP contribution in [0.25, 0.3) is 10.8 Å². The summed E-state index contributed by atoms with van der Waals surface area (Å²) in [6, 6.07) is 6.43. The fraction of sp³-hybridized carbons (Fsp3) is 0.231. The summed E-state index contributed by atoms with van der Waals surface area (Å²) in [5.74, 6) is 1.14. The van der Waals surface area contributed by atoms with E-state index in [9.17, 15) is 4.39 Å². The van der Waals surface area contributed by atoms with Gasteiger partial charge in [-0.2, -0.15) is 0 Å². The number of hydrogen-bond donors (Lipinski definition) is 0. The molecule has 0 saturated carbocycles. The van der Waals surface area contributed by atoms with E-state index in [0.29, 0.717) is 5.75 Å². The maximum atomic E-state index is 13.2. The lowest BCUT2D eigenvalue weighted by molar-refractivity contribution is 0.408. The van der Waals surface area contributed by atoms with E-state index >= 15 is 0 Å². The summed E-state index contributed by atoms with van der Waals surface area (Å²) in [4.78, 5) is 0. The van der Waals surface area contributed by atoms with Gasteiger partial charge in [0.1, 0.15) is 17.3 Å². The molecule has 2 rings (SSSR count). The molecule has 84 valence electrons. The molecule has 0 N–H and O–H groups in total. The minimum absolute atomic E-state index is 0.281. The van der Waals surface area contributed by atoms with Crippen LogP contribution in [-0.2, 0) is 0 Å². The Balaban J connectivity index is 2.87. The molecule has 0 aliphatic heterocycles. The fourth-order valence-corrected chi connectivity index (χ4v) is 1.91. The number of aryl methyl sites for hydroxylation is 1. The SMILES string of the molecule is COc1cc(C)c(OC)c2ccc(F)cc12. The maximum absolute atomic E-state index is 13.2. The average molecular weight is 220 g/mol. The molecule has 2 aromatic carbocycles. The van der Waals surface area contributed by atoms with E-state index in [1.54, 1.807) is 20.3 Å². The Kier molecular flexibility index (Phi) is 2.69. The number of methoxy groups -OCH3 is 2. The molecule has 2 aromatic rings. The van der Waals surface area contributed by atoms with Gasteiger partial charge in [-0.15, -0.1) is 0 Å². The zero-order valence-corrected chi connectivity index (χ0v) is 9.50. The number of fused-ring (bicyclic) bond motifs is 1. The Labute approximate surface area is 93.6 Å². The molecule has 0 unspecified atom stereocenters. The number of halogens is 1. The summed E-state index contributed by atoms with van der Waals surface area (Å²) in [5.41, 5.74) is 0.971. The number of rotatable bonds is 2. The van der Waals surface area contributed by atoms with Crippen molar-refractivity contribution < 1.29 is 13.9 Å². The van der Waals surface area contributed by atoms with Gasteiger partial charge in [0, 0.05) is 10.8 Å². The van der Waals surface area contributed by atoms with E-state index in [1.807, 2.05) is 13.0 Å². The summed E-state index contributed by atoms with van der Waals surface area (Å²) in [6.45, 7) is 1.93. The lowest BCUT2D eigenvalue weighted by Crippen LogP contribution is -1.93. The summed E-state index contributed by atoms with van der Waals surface area (Å²) in [7, 11) is 3.18. The van der Waals surface area contributed by atoms with Crippen molar-refractivity contribution in [3.8, 4) is 11.5 Å². The van der Waals surface area contributed by atoms with Crippen molar-refractivity contribution in [2.75, 3.05) is 14.2 Å². The van der Waals surface area contributed by atoms with Crippen molar-refractivity contribution in [2.24, 2.45) is 0 Å². The van der Waals surface area contributed by atoms with Crippen molar-refractivity contribution in [2.45, 2.75) is 6.92 Å². The number of hydrogen-bond acceptors (Lipinski definition) is 2. The number of ether oxygens (including phenoxy) is 2. The normalized spacial score (nSPS) is 10.5. The van der Waals surface area contributed by atoms with Crippen LogP contribution < -0.4 is 9.47 Å². The lowest BCUT2D eigenvalue weighted by Gasteiger charge is -2.12. The van der Waals surface area contributed by atoms with Gasteiger partial charge in [-0.25, -0.2) is 4.39 Å². The van der Waals surface area contributed by atoms with Gasteiger partial charge in [-0.05, 0) is 36.8 Å². The largest absolute Gasteiger partial charge is 0.496 e. The molecule has 0 fully saturated rings. The highest BCUT2D eigenvalue weighted by Crippen LogP contribution is 2.36. The van der Waals surface area contributed by atoms with Crippen molar-refractivity contribution in [1.82, 2.24) is 0 Å². The van der Waals surface area contributed by atoms with E-state index in [2.05, 4.69) is 0 Å². The van der Waals surface area contributed by atoms with Gasteiger partial charge in [0.25, 0.3) is 0 Å². The van der Waals surface area contributed by atoms with Gasteiger partial charge >= 0.3 is 0 Å². The topological polar surface area (TPSA) is 18.5 Å². The summed E-state index contributed by atoms with van der Waals surface area (Å²) in [6.07, 6.45) is 0. The fourth-order valence-electron chi connectivity index (χ4n) is 1.91. The van der Waals surface area contributed by atoms with Crippen molar-refractivity contribution in [3.63, 3.8) is 0 Å². The van der Waals surface area contributed by atoms with Crippen LogP contribution >= 0.6 is 0 Å². The second-order valence-corrected chi connectivity index (χ2v) is 3.62. The van der Waals surface area contributed by atoms with Crippen molar-refractivity contribution >= 4 is 10.8 Å². The highest BCUT2D eigenvalue weighted by atomic mass is 19.1. The first-order valence-corrected chi connectivity index (χ1v) is 4.98. The smallest absolute Gasteiger partial charge is 0.129 e. The first-order chi connectivity index (χ1) is 7.67. The van der Waals surface area contributed by atoms with Crippen LogP contribution in [0.3, 0.4) is 0 Å². The molecule has 0 radical (unpaired) electrons. The molecule has 0 aliphatic carbocycles.